The van der Waals surface area contributed by atoms with Gasteiger partial charge in [-0.15, -0.1) is 24.0 Å². The molecule has 1 amide bonds. The molecular formula is C18H30ClIN4O. The average molecular weight is 481 g/mol. The second-order valence-corrected chi connectivity index (χ2v) is 6.80. The number of guanidine groups is 1. The lowest BCUT2D eigenvalue weighted by Crippen LogP contribution is -2.42. The third-order valence-electron chi connectivity index (χ3n) is 3.63. The van der Waals surface area contributed by atoms with Crippen molar-refractivity contribution in [1.29, 1.82) is 0 Å². The zero-order valence-electron chi connectivity index (χ0n) is 15.6. The molecule has 0 bridgehead atoms. The third-order valence-corrected chi connectivity index (χ3v) is 3.87. The molecule has 1 aromatic carbocycles. The fourth-order valence-electron chi connectivity index (χ4n) is 2.13. The number of nitrogens with one attached hydrogen (secondary N) is 3. The van der Waals surface area contributed by atoms with Crippen molar-refractivity contribution in [2.24, 2.45) is 10.4 Å². The van der Waals surface area contributed by atoms with Gasteiger partial charge in [-0.25, -0.2) is 0 Å². The summed E-state index contributed by atoms with van der Waals surface area (Å²) < 4.78 is 0. The fourth-order valence-corrected chi connectivity index (χ4v) is 2.33. The van der Waals surface area contributed by atoms with Gasteiger partial charge in [-0.2, -0.15) is 0 Å². The van der Waals surface area contributed by atoms with E-state index in [-0.39, 0.29) is 35.9 Å². The van der Waals surface area contributed by atoms with E-state index in [4.69, 9.17) is 11.6 Å². The van der Waals surface area contributed by atoms with Crippen LogP contribution in [-0.4, -0.2) is 31.5 Å². The molecule has 0 saturated heterocycles. The summed E-state index contributed by atoms with van der Waals surface area (Å²) in [5.74, 6) is 0.690. The van der Waals surface area contributed by atoms with Gasteiger partial charge in [0.15, 0.2) is 5.96 Å². The summed E-state index contributed by atoms with van der Waals surface area (Å²) in [6.45, 7) is 11.5. The second kappa shape index (κ2) is 11.6. The Morgan fingerprint density at radius 3 is 2.44 bits per heavy atom. The van der Waals surface area contributed by atoms with Crippen molar-refractivity contribution >= 4 is 47.4 Å². The van der Waals surface area contributed by atoms with Crippen LogP contribution in [0.4, 0.5) is 0 Å². The molecule has 1 aromatic rings. The van der Waals surface area contributed by atoms with E-state index in [1.54, 1.807) is 0 Å². The maximum absolute atomic E-state index is 12.1. The Labute approximate surface area is 173 Å². The molecule has 0 aliphatic rings. The maximum atomic E-state index is 12.1. The normalized spacial score (nSPS) is 12.8. The molecule has 5 nitrogen and oxygen atoms in total. The summed E-state index contributed by atoms with van der Waals surface area (Å²) in [5, 5.41) is 10.1. The van der Waals surface area contributed by atoms with Crippen LogP contribution >= 0.6 is 35.6 Å². The molecule has 0 spiro atoms. The van der Waals surface area contributed by atoms with Gasteiger partial charge < -0.3 is 16.0 Å². The van der Waals surface area contributed by atoms with Gasteiger partial charge in [0, 0.05) is 18.1 Å². The van der Waals surface area contributed by atoms with Crippen molar-refractivity contribution in [1.82, 2.24) is 16.0 Å². The zero-order valence-corrected chi connectivity index (χ0v) is 18.7. The predicted octanol–water partition coefficient (Wildman–Crippen LogP) is 3.74. The molecule has 1 unspecified atom stereocenters. The van der Waals surface area contributed by atoms with Crippen LogP contribution in [0.2, 0.25) is 5.02 Å². The Hall–Kier alpha value is -1.02. The summed E-state index contributed by atoms with van der Waals surface area (Å²) in [5.41, 5.74) is 0.522. The first kappa shape index (κ1) is 24.0. The lowest BCUT2D eigenvalue weighted by Gasteiger charge is -2.23. The molecule has 0 heterocycles. The first-order chi connectivity index (χ1) is 11.3. The molecule has 1 atom stereocenters. The molecule has 142 valence electrons. The van der Waals surface area contributed by atoms with Crippen LogP contribution in [0.5, 0.6) is 0 Å². The predicted molar refractivity (Wildman–Crippen MR) is 117 cm³/mol. The van der Waals surface area contributed by atoms with E-state index >= 15 is 0 Å². The second-order valence-electron chi connectivity index (χ2n) is 6.36. The average Bonchev–Trinajstić information content (AvgIpc) is 2.53. The largest absolute Gasteiger partial charge is 0.357 e. The molecule has 0 radical (unpaired) electrons. The highest BCUT2D eigenvalue weighted by Gasteiger charge is 2.27. The van der Waals surface area contributed by atoms with Crippen LogP contribution in [-0.2, 0) is 4.79 Å². The highest BCUT2D eigenvalue weighted by atomic mass is 127. The number of hydrogen-bond acceptors (Lipinski definition) is 2. The molecule has 3 N–H and O–H groups in total. The Kier molecular flexibility index (Phi) is 11.1. The van der Waals surface area contributed by atoms with E-state index in [0.717, 1.165) is 12.1 Å². The lowest BCUT2D eigenvalue weighted by molar-refractivity contribution is -0.128. The summed E-state index contributed by atoms with van der Waals surface area (Å²) in [6.07, 6.45) is 0. The lowest BCUT2D eigenvalue weighted by atomic mass is 9.92. The van der Waals surface area contributed by atoms with Gasteiger partial charge in [0.1, 0.15) is 0 Å². The van der Waals surface area contributed by atoms with E-state index in [2.05, 4.69) is 20.9 Å². The standard InChI is InChI=1S/C18H29ClN4O.HI/c1-6-20-16(24)18(4,5)12-22-17(21-7-2)23-13(3)14-9-8-10-15(19)11-14;/h8-11,13H,6-7,12H2,1-5H3,(H,20,24)(H2,21,22,23);1H. The highest BCUT2D eigenvalue weighted by molar-refractivity contribution is 14.0. The van der Waals surface area contributed by atoms with Gasteiger partial charge in [-0.3, -0.25) is 9.79 Å². The number of carbonyl (C=O) groups excluding carboxylic acids is 1. The summed E-state index contributed by atoms with van der Waals surface area (Å²) in [6, 6.07) is 7.78. The maximum Gasteiger partial charge on any atom is 0.227 e. The van der Waals surface area contributed by atoms with Crippen LogP contribution in [0.3, 0.4) is 0 Å². The van der Waals surface area contributed by atoms with Crippen molar-refractivity contribution < 1.29 is 4.79 Å². The number of aliphatic imine (C=N–C) groups is 1. The number of benzene rings is 1. The quantitative estimate of drug-likeness (QED) is 0.316. The number of carbonyl (C=O) groups is 1. The van der Waals surface area contributed by atoms with Gasteiger partial charge in [0.05, 0.1) is 18.0 Å². The molecular weight excluding hydrogens is 451 g/mol. The number of halogens is 2. The highest BCUT2D eigenvalue weighted by Crippen LogP contribution is 2.18. The molecule has 0 aliphatic carbocycles. The van der Waals surface area contributed by atoms with E-state index in [1.807, 2.05) is 58.9 Å². The number of amides is 1. The topological polar surface area (TPSA) is 65.5 Å². The molecule has 25 heavy (non-hydrogen) atoms. The summed E-state index contributed by atoms with van der Waals surface area (Å²) in [4.78, 5) is 16.7. The number of hydrogen-bond donors (Lipinski definition) is 3. The summed E-state index contributed by atoms with van der Waals surface area (Å²) in [7, 11) is 0. The van der Waals surface area contributed by atoms with Gasteiger partial charge in [0.2, 0.25) is 5.91 Å². The van der Waals surface area contributed by atoms with Gasteiger partial charge >= 0.3 is 0 Å². The summed E-state index contributed by atoms with van der Waals surface area (Å²) >= 11 is 6.05. The minimum absolute atomic E-state index is 0. The Morgan fingerprint density at radius 2 is 1.88 bits per heavy atom. The zero-order chi connectivity index (χ0) is 18.2. The van der Waals surface area contributed by atoms with Crippen molar-refractivity contribution in [3.63, 3.8) is 0 Å². The molecule has 0 fully saturated rings. The van der Waals surface area contributed by atoms with Crippen molar-refractivity contribution in [3.05, 3.63) is 34.9 Å². The van der Waals surface area contributed by atoms with E-state index in [0.29, 0.717) is 24.1 Å². The fraction of sp³-hybridized carbons (Fsp3) is 0.556. The number of rotatable bonds is 7. The third kappa shape index (κ3) is 8.27. The van der Waals surface area contributed by atoms with E-state index in [9.17, 15) is 4.79 Å². The van der Waals surface area contributed by atoms with Gasteiger partial charge in [-0.1, -0.05) is 23.7 Å². The minimum atomic E-state index is -0.558. The van der Waals surface area contributed by atoms with Gasteiger partial charge in [-0.05, 0) is 52.3 Å². The molecule has 7 heteroatoms. The van der Waals surface area contributed by atoms with Crippen LogP contribution in [0.15, 0.2) is 29.3 Å². The Morgan fingerprint density at radius 1 is 1.24 bits per heavy atom. The van der Waals surface area contributed by atoms with E-state index < -0.39 is 5.41 Å². The molecule has 0 aromatic heterocycles. The first-order valence-electron chi connectivity index (χ1n) is 8.38. The van der Waals surface area contributed by atoms with Crippen LogP contribution < -0.4 is 16.0 Å². The van der Waals surface area contributed by atoms with Gasteiger partial charge in [0.25, 0.3) is 0 Å². The van der Waals surface area contributed by atoms with Crippen LogP contribution in [0.1, 0.15) is 46.2 Å². The smallest absolute Gasteiger partial charge is 0.227 e. The molecule has 0 aliphatic heterocycles. The van der Waals surface area contributed by atoms with Crippen molar-refractivity contribution in [3.8, 4) is 0 Å². The van der Waals surface area contributed by atoms with Crippen LogP contribution in [0, 0.1) is 5.41 Å². The minimum Gasteiger partial charge on any atom is -0.357 e. The Balaban J connectivity index is 0.00000576. The van der Waals surface area contributed by atoms with Crippen molar-refractivity contribution in [2.75, 3.05) is 19.6 Å². The molecule has 1 rings (SSSR count). The Bertz CT molecular complexity index is 578. The number of nitrogens with zero attached hydrogens (tertiary/aromatic N) is 1. The first-order valence-corrected chi connectivity index (χ1v) is 8.76. The molecule has 0 saturated carbocycles. The monoisotopic (exact) mass is 480 g/mol. The van der Waals surface area contributed by atoms with Crippen LogP contribution in [0.25, 0.3) is 0 Å². The van der Waals surface area contributed by atoms with Crippen molar-refractivity contribution in [2.45, 2.75) is 40.7 Å². The van der Waals surface area contributed by atoms with E-state index in [1.165, 1.54) is 0 Å². The SMILES string of the molecule is CCNC(=O)C(C)(C)CN=C(NCC)NC(C)c1cccc(Cl)c1.I.